The molecule has 0 N–H and O–H groups in total. The van der Waals surface area contributed by atoms with Crippen molar-refractivity contribution in [2.24, 2.45) is 5.92 Å². The van der Waals surface area contributed by atoms with E-state index in [0.29, 0.717) is 29.3 Å². The van der Waals surface area contributed by atoms with Crippen molar-refractivity contribution in [3.05, 3.63) is 45.5 Å². The molecule has 1 aliphatic heterocycles. The topological polar surface area (TPSA) is 37.6 Å². The zero-order valence-corrected chi connectivity index (χ0v) is 12.9. The summed E-state index contributed by atoms with van der Waals surface area (Å²) in [5.41, 5.74) is 0.610. The summed E-state index contributed by atoms with van der Waals surface area (Å²) >= 11 is 5.84. The van der Waals surface area contributed by atoms with Crippen LogP contribution >= 0.6 is 11.6 Å². The fourth-order valence-electron chi connectivity index (χ4n) is 2.90. The van der Waals surface area contributed by atoms with Crippen LogP contribution in [0.4, 0.5) is 13.2 Å². The lowest BCUT2D eigenvalue weighted by Gasteiger charge is -2.33. The number of halogens is 4. The molecule has 1 unspecified atom stereocenters. The highest BCUT2D eigenvalue weighted by atomic mass is 35.5. The average molecular weight is 346 g/mol. The van der Waals surface area contributed by atoms with Crippen LogP contribution in [0.5, 0.6) is 0 Å². The van der Waals surface area contributed by atoms with Gasteiger partial charge in [-0.1, -0.05) is 11.6 Å². The Kier molecular flexibility index (Phi) is 4.33. The lowest BCUT2D eigenvalue weighted by atomic mass is 9.97. The first-order chi connectivity index (χ1) is 10.8. The number of hydrogen-bond acceptors (Lipinski definition) is 3. The Morgan fingerprint density at radius 2 is 2.13 bits per heavy atom. The largest absolute Gasteiger partial charge is 0.393 e. The van der Waals surface area contributed by atoms with Gasteiger partial charge >= 0.3 is 6.18 Å². The zero-order valence-electron chi connectivity index (χ0n) is 12.2. The van der Waals surface area contributed by atoms with Crippen LogP contribution in [0.2, 0.25) is 5.02 Å². The van der Waals surface area contributed by atoms with E-state index < -0.39 is 12.1 Å². The molecule has 0 aliphatic carbocycles. The summed E-state index contributed by atoms with van der Waals surface area (Å²) in [5, 5.41) is 0.415. The maximum Gasteiger partial charge on any atom is 0.393 e. The van der Waals surface area contributed by atoms with E-state index in [1.54, 1.807) is 17.0 Å². The molecule has 1 saturated heterocycles. The number of hydrogen-bond donors (Lipinski definition) is 0. The molecule has 8 heteroatoms. The molecule has 3 heterocycles. The molecule has 3 rings (SSSR count). The van der Waals surface area contributed by atoms with Gasteiger partial charge < -0.3 is 0 Å². The number of rotatable bonds is 2. The minimum atomic E-state index is -4.17. The number of aromatic nitrogens is 2. The number of piperidine rings is 1. The monoisotopic (exact) mass is 345 g/mol. The van der Waals surface area contributed by atoms with Gasteiger partial charge in [-0.25, -0.2) is 4.98 Å². The van der Waals surface area contributed by atoms with Gasteiger partial charge in [0.2, 0.25) is 0 Å². The smallest absolute Gasteiger partial charge is 0.297 e. The lowest BCUT2D eigenvalue weighted by Crippen LogP contribution is -2.41. The van der Waals surface area contributed by atoms with Gasteiger partial charge in [0.25, 0.3) is 5.56 Å². The van der Waals surface area contributed by atoms with Crippen LogP contribution in [0.3, 0.4) is 0 Å². The Labute approximate surface area is 135 Å². The first-order valence-electron chi connectivity index (χ1n) is 7.30. The first kappa shape index (κ1) is 16.3. The van der Waals surface area contributed by atoms with E-state index >= 15 is 0 Å². The molecule has 2 aromatic rings. The maximum atomic E-state index is 12.9. The van der Waals surface area contributed by atoms with Crippen LogP contribution in [-0.2, 0) is 6.54 Å². The second-order valence-electron chi connectivity index (χ2n) is 5.78. The van der Waals surface area contributed by atoms with Crippen molar-refractivity contribution < 1.29 is 13.2 Å². The molecule has 1 atom stereocenters. The third-order valence-electron chi connectivity index (χ3n) is 4.03. The normalized spacial score (nSPS) is 20.1. The van der Waals surface area contributed by atoms with Crippen LogP contribution < -0.4 is 5.56 Å². The van der Waals surface area contributed by atoms with Crippen molar-refractivity contribution in [3.63, 3.8) is 0 Å². The van der Waals surface area contributed by atoms with Crippen LogP contribution in [0, 0.1) is 5.92 Å². The fraction of sp³-hybridized carbons (Fsp3) is 0.467. The molecule has 0 bridgehead atoms. The van der Waals surface area contributed by atoms with Crippen LogP contribution in [0.1, 0.15) is 18.5 Å². The van der Waals surface area contributed by atoms with Gasteiger partial charge in [0.15, 0.2) is 0 Å². The third-order valence-corrected chi connectivity index (χ3v) is 4.25. The van der Waals surface area contributed by atoms with E-state index in [4.69, 9.17) is 11.6 Å². The maximum absolute atomic E-state index is 12.9. The molecule has 23 heavy (non-hydrogen) atoms. The minimum absolute atomic E-state index is 0.0504. The van der Waals surface area contributed by atoms with Gasteiger partial charge in [-0.2, -0.15) is 13.2 Å². The summed E-state index contributed by atoms with van der Waals surface area (Å²) in [6, 6.07) is 4.58. The molecule has 0 amide bonds. The van der Waals surface area contributed by atoms with Crippen LogP contribution in [0.25, 0.3) is 5.65 Å². The number of likely N-dealkylation sites (tertiary alicyclic amines) is 1. The average Bonchev–Trinajstić information content (AvgIpc) is 2.48. The van der Waals surface area contributed by atoms with E-state index in [1.807, 2.05) is 0 Å². The predicted octanol–water partition coefficient (Wildman–Crippen LogP) is 3.12. The molecule has 1 aliphatic rings. The van der Waals surface area contributed by atoms with Gasteiger partial charge in [-0.05, 0) is 31.5 Å². The van der Waals surface area contributed by atoms with E-state index in [0.717, 1.165) is 0 Å². The summed E-state index contributed by atoms with van der Waals surface area (Å²) in [6.45, 7) is 0.764. The van der Waals surface area contributed by atoms with E-state index in [9.17, 15) is 18.0 Å². The zero-order chi connectivity index (χ0) is 16.6. The molecule has 0 radical (unpaired) electrons. The summed E-state index contributed by atoms with van der Waals surface area (Å²) in [6.07, 6.45) is -2.05. The molecule has 2 aromatic heterocycles. The van der Waals surface area contributed by atoms with Crippen molar-refractivity contribution >= 4 is 17.2 Å². The summed E-state index contributed by atoms with van der Waals surface area (Å²) in [4.78, 5) is 18.1. The summed E-state index contributed by atoms with van der Waals surface area (Å²) < 4.78 is 39.9. The van der Waals surface area contributed by atoms with E-state index in [2.05, 4.69) is 4.98 Å². The highest BCUT2D eigenvalue weighted by molar-refractivity contribution is 6.30. The molecule has 0 spiro atoms. The second-order valence-corrected chi connectivity index (χ2v) is 6.21. The van der Waals surface area contributed by atoms with E-state index in [-0.39, 0.29) is 25.1 Å². The minimum Gasteiger partial charge on any atom is -0.297 e. The van der Waals surface area contributed by atoms with Crippen molar-refractivity contribution in [2.75, 3.05) is 13.1 Å². The quantitative estimate of drug-likeness (QED) is 0.839. The van der Waals surface area contributed by atoms with Gasteiger partial charge in [0, 0.05) is 25.4 Å². The van der Waals surface area contributed by atoms with Crippen molar-refractivity contribution in [1.29, 1.82) is 0 Å². The summed E-state index contributed by atoms with van der Waals surface area (Å²) in [7, 11) is 0. The summed E-state index contributed by atoms with van der Waals surface area (Å²) in [5.74, 6) is -1.31. The second kappa shape index (κ2) is 6.13. The number of alkyl halides is 3. The molecule has 1 fully saturated rings. The highest BCUT2D eigenvalue weighted by Gasteiger charge is 2.41. The Balaban J connectivity index is 1.81. The number of nitrogens with zero attached hydrogens (tertiary/aromatic N) is 3. The Bertz CT molecular complexity index is 775. The number of fused-ring (bicyclic) bond motifs is 1. The molecule has 4 nitrogen and oxygen atoms in total. The van der Waals surface area contributed by atoms with Gasteiger partial charge in [0.1, 0.15) is 5.65 Å². The number of pyridine rings is 1. The Hall–Kier alpha value is -1.60. The van der Waals surface area contributed by atoms with E-state index in [1.165, 1.54) is 16.7 Å². The SMILES string of the molecule is O=c1cc(CN2CCCC(C(F)(F)F)C2)nc2ccc(Cl)cn12. The van der Waals surface area contributed by atoms with Crippen LogP contribution in [0.15, 0.2) is 29.2 Å². The third kappa shape index (κ3) is 3.67. The van der Waals surface area contributed by atoms with Crippen molar-refractivity contribution in [2.45, 2.75) is 25.6 Å². The van der Waals surface area contributed by atoms with Crippen molar-refractivity contribution in [1.82, 2.24) is 14.3 Å². The van der Waals surface area contributed by atoms with Crippen molar-refractivity contribution in [3.8, 4) is 0 Å². The Morgan fingerprint density at radius 3 is 2.87 bits per heavy atom. The predicted molar refractivity (Wildman–Crippen MR) is 80.5 cm³/mol. The molecular formula is C15H15ClF3N3O. The highest BCUT2D eigenvalue weighted by Crippen LogP contribution is 2.33. The van der Waals surface area contributed by atoms with Gasteiger partial charge in [-0.15, -0.1) is 0 Å². The molecule has 124 valence electrons. The fourth-order valence-corrected chi connectivity index (χ4v) is 3.06. The molecule has 0 aromatic carbocycles. The van der Waals surface area contributed by atoms with Gasteiger partial charge in [-0.3, -0.25) is 14.1 Å². The lowest BCUT2D eigenvalue weighted by molar-refractivity contribution is -0.187. The Morgan fingerprint density at radius 1 is 1.35 bits per heavy atom. The van der Waals surface area contributed by atoms with Crippen LogP contribution in [-0.4, -0.2) is 33.6 Å². The molecular weight excluding hydrogens is 331 g/mol. The first-order valence-corrected chi connectivity index (χ1v) is 7.67. The molecule has 0 saturated carbocycles. The standard InChI is InChI=1S/C15H15ClF3N3O/c16-11-3-4-13-20-12(6-14(23)22(13)8-11)9-21-5-1-2-10(7-21)15(17,18)19/h3-4,6,8,10H,1-2,5,7,9H2. The van der Waals surface area contributed by atoms with Gasteiger partial charge in [0.05, 0.1) is 16.6 Å².